The number of nitrogens with zero attached hydrogens (tertiary/aromatic N) is 4. The van der Waals surface area contributed by atoms with E-state index >= 15 is 0 Å². The van der Waals surface area contributed by atoms with Crippen LogP contribution in [0.5, 0.6) is 5.75 Å². The Morgan fingerprint density at radius 3 is 2.71 bits per heavy atom. The van der Waals surface area contributed by atoms with Crippen molar-refractivity contribution in [3.63, 3.8) is 0 Å². The van der Waals surface area contributed by atoms with Crippen LogP contribution in [-0.2, 0) is 19.4 Å². The molecule has 0 bridgehead atoms. The highest BCUT2D eigenvalue weighted by molar-refractivity contribution is 5.72. The molecule has 1 aromatic heterocycles. The fourth-order valence-electron chi connectivity index (χ4n) is 5.34. The van der Waals surface area contributed by atoms with E-state index in [1.165, 1.54) is 36.2 Å². The van der Waals surface area contributed by atoms with E-state index in [1.54, 1.807) is 6.07 Å². The van der Waals surface area contributed by atoms with Gasteiger partial charge in [0.05, 0.1) is 18.4 Å². The summed E-state index contributed by atoms with van der Waals surface area (Å²) in [6, 6.07) is 10.6. The van der Waals surface area contributed by atoms with Gasteiger partial charge in [0, 0.05) is 37.2 Å². The van der Waals surface area contributed by atoms with E-state index in [0.29, 0.717) is 36.6 Å². The molecule has 182 valence electrons. The van der Waals surface area contributed by atoms with E-state index in [9.17, 15) is 8.78 Å². The summed E-state index contributed by atoms with van der Waals surface area (Å²) >= 11 is 0. The van der Waals surface area contributed by atoms with Gasteiger partial charge in [0.15, 0.2) is 17.4 Å². The fourth-order valence-corrected chi connectivity index (χ4v) is 5.34. The van der Waals surface area contributed by atoms with Crippen molar-refractivity contribution in [2.24, 2.45) is 0 Å². The van der Waals surface area contributed by atoms with Gasteiger partial charge >= 0.3 is 0 Å². The Kier molecular flexibility index (Phi) is 5.67. The summed E-state index contributed by atoms with van der Waals surface area (Å²) < 4.78 is 35.4. The van der Waals surface area contributed by atoms with Crippen molar-refractivity contribution < 1.29 is 13.5 Å². The molecule has 1 saturated carbocycles. The molecule has 2 aliphatic heterocycles. The number of anilines is 1. The smallest absolute Gasteiger partial charge is 0.178 e. The first-order valence-electron chi connectivity index (χ1n) is 12.6. The number of hydrogen-bond acceptors (Lipinski definition) is 5. The third-order valence-electron chi connectivity index (χ3n) is 7.34. The van der Waals surface area contributed by atoms with Crippen LogP contribution in [0, 0.1) is 11.6 Å². The van der Waals surface area contributed by atoms with Crippen LogP contribution in [0.2, 0.25) is 0 Å². The van der Waals surface area contributed by atoms with Gasteiger partial charge in [-0.3, -0.25) is 4.90 Å². The van der Waals surface area contributed by atoms with E-state index in [4.69, 9.17) is 4.74 Å². The van der Waals surface area contributed by atoms with E-state index in [1.807, 2.05) is 13.8 Å². The number of hydrogen-bond donors (Lipinski definition) is 0. The van der Waals surface area contributed by atoms with Gasteiger partial charge in [-0.05, 0) is 61.9 Å². The van der Waals surface area contributed by atoms with Gasteiger partial charge < -0.3 is 9.64 Å². The van der Waals surface area contributed by atoms with Crippen LogP contribution in [0.25, 0.3) is 11.3 Å². The topological polar surface area (TPSA) is 41.5 Å². The summed E-state index contributed by atoms with van der Waals surface area (Å²) in [6.07, 6.45) is 5.40. The average molecular weight is 477 g/mol. The van der Waals surface area contributed by atoms with Crippen LogP contribution < -0.4 is 9.64 Å². The molecular formula is C28H30F2N4O. The van der Waals surface area contributed by atoms with Crippen molar-refractivity contribution in [3.05, 3.63) is 70.7 Å². The summed E-state index contributed by atoms with van der Waals surface area (Å²) in [7, 11) is 0. The van der Waals surface area contributed by atoms with Crippen molar-refractivity contribution in [1.82, 2.24) is 14.9 Å². The largest absolute Gasteiger partial charge is 0.486 e. The molecule has 0 radical (unpaired) electrons. The minimum atomic E-state index is -0.563. The molecule has 3 aromatic rings. The summed E-state index contributed by atoms with van der Waals surface area (Å²) in [5, 5.41) is 0. The van der Waals surface area contributed by atoms with E-state index < -0.39 is 11.6 Å². The van der Waals surface area contributed by atoms with Gasteiger partial charge in [-0.15, -0.1) is 0 Å². The summed E-state index contributed by atoms with van der Waals surface area (Å²) in [5.41, 5.74) is 5.03. The maximum Gasteiger partial charge on any atom is 0.178 e. The quantitative estimate of drug-likeness (QED) is 0.510. The number of ether oxygens (including phenoxy) is 1. The Labute approximate surface area is 204 Å². The zero-order chi connectivity index (χ0) is 24.1. The van der Waals surface area contributed by atoms with Gasteiger partial charge in [0.25, 0.3) is 0 Å². The second-order valence-corrected chi connectivity index (χ2v) is 10.2. The third-order valence-corrected chi connectivity index (χ3v) is 7.34. The molecule has 1 aliphatic carbocycles. The molecule has 0 unspecified atom stereocenters. The molecule has 5 nitrogen and oxygen atoms in total. The minimum Gasteiger partial charge on any atom is -0.486 e. The Hall–Kier alpha value is -3.06. The van der Waals surface area contributed by atoms with Crippen LogP contribution in [0.1, 0.15) is 49.2 Å². The number of halogens is 2. The molecule has 35 heavy (non-hydrogen) atoms. The second kappa shape index (κ2) is 8.86. The number of fused-ring (bicyclic) bond motifs is 2. The lowest BCUT2D eigenvalue weighted by molar-refractivity contribution is 0.243. The highest BCUT2D eigenvalue weighted by Crippen LogP contribution is 2.39. The average Bonchev–Trinajstić information content (AvgIpc) is 3.70. The Morgan fingerprint density at radius 1 is 1.06 bits per heavy atom. The van der Waals surface area contributed by atoms with Gasteiger partial charge in [-0.25, -0.2) is 18.7 Å². The van der Waals surface area contributed by atoms with E-state index in [-0.39, 0.29) is 17.5 Å². The van der Waals surface area contributed by atoms with Crippen molar-refractivity contribution in [2.45, 2.75) is 58.2 Å². The van der Waals surface area contributed by atoms with Gasteiger partial charge in [-0.2, -0.15) is 0 Å². The predicted octanol–water partition coefficient (Wildman–Crippen LogP) is 5.14. The van der Waals surface area contributed by atoms with Crippen LogP contribution in [0.4, 0.5) is 14.5 Å². The fraction of sp³-hybridized carbons (Fsp3) is 0.429. The molecule has 0 amide bonds. The molecule has 0 spiro atoms. The van der Waals surface area contributed by atoms with E-state index in [0.717, 1.165) is 31.1 Å². The molecule has 7 heteroatoms. The first kappa shape index (κ1) is 22.4. The normalized spacial score (nSPS) is 17.8. The number of aromatic nitrogens is 2. The van der Waals surface area contributed by atoms with Crippen molar-refractivity contribution in [1.29, 1.82) is 0 Å². The van der Waals surface area contributed by atoms with Crippen molar-refractivity contribution in [3.8, 4) is 17.0 Å². The third kappa shape index (κ3) is 4.38. The van der Waals surface area contributed by atoms with Crippen LogP contribution in [0.15, 0.2) is 36.5 Å². The molecule has 3 heterocycles. The molecule has 2 aromatic carbocycles. The van der Waals surface area contributed by atoms with Crippen LogP contribution in [0.3, 0.4) is 0 Å². The zero-order valence-electron chi connectivity index (χ0n) is 20.2. The Balaban J connectivity index is 1.28. The zero-order valence-corrected chi connectivity index (χ0v) is 20.2. The SMILES string of the molecule is CC(C)N1CCOc2c(F)cc(-c3nc(Cc4ccc5c(c4)CCN(C4CC4)C5)ncc3F)cc21. The lowest BCUT2D eigenvalue weighted by Crippen LogP contribution is -2.38. The van der Waals surface area contributed by atoms with Gasteiger partial charge in [0.2, 0.25) is 0 Å². The predicted molar refractivity (Wildman–Crippen MR) is 132 cm³/mol. The van der Waals surface area contributed by atoms with Crippen LogP contribution in [-0.4, -0.2) is 46.6 Å². The van der Waals surface area contributed by atoms with Crippen LogP contribution >= 0.6 is 0 Å². The molecule has 1 fully saturated rings. The Bertz CT molecular complexity index is 1270. The first-order valence-corrected chi connectivity index (χ1v) is 12.6. The maximum atomic E-state index is 15.0. The maximum absolute atomic E-state index is 15.0. The summed E-state index contributed by atoms with van der Waals surface area (Å²) in [6.45, 7) is 7.31. The first-order chi connectivity index (χ1) is 17.0. The Morgan fingerprint density at radius 2 is 1.91 bits per heavy atom. The van der Waals surface area contributed by atoms with E-state index in [2.05, 4.69) is 38.0 Å². The second-order valence-electron chi connectivity index (χ2n) is 10.2. The highest BCUT2D eigenvalue weighted by Gasteiger charge is 2.31. The lowest BCUT2D eigenvalue weighted by atomic mass is 9.96. The number of rotatable bonds is 5. The molecule has 0 saturated heterocycles. The molecule has 3 aliphatic rings. The molecular weight excluding hydrogens is 446 g/mol. The standard InChI is InChI=1S/C28H30F2N4O/c1-17(2)34-9-10-35-28-23(29)13-21(14-25(28)34)27-24(30)15-31-26(32-27)12-18-3-4-20-16-33(22-5-6-22)8-7-19(20)11-18/h3-4,11,13-15,17,22H,5-10,12,16H2,1-2H3. The molecule has 6 rings (SSSR count). The molecule has 0 N–H and O–H groups in total. The molecule has 0 atom stereocenters. The van der Waals surface area contributed by atoms with Gasteiger partial charge in [-0.1, -0.05) is 18.2 Å². The van der Waals surface area contributed by atoms with Crippen molar-refractivity contribution >= 4 is 5.69 Å². The highest BCUT2D eigenvalue weighted by atomic mass is 19.1. The van der Waals surface area contributed by atoms with Crippen molar-refractivity contribution in [2.75, 3.05) is 24.6 Å². The summed E-state index contributed by atoms with van der Waals surface area (Å²) in [5.74, 6) is -0.326. The van der Waals surface area contributed by atoms with Gasteiger partial charge in [0.1, 0.15) is 18.1 Å². The minimum absolute atomic E-state index is 0.115. The summed E-state index contributed by atoms with van der Waals surface area (Å²) in [4.78, 5) is 13.4. The monoisotopic (exact) mass is 476 g/mol. The lowest BCUT2D eigenvalue weighted by Gasteiger charge is -2.34. The number of benzene rings is 2.